The summed E-state index contributed by atoms with van der Waals surface area (Å²) < 4.78 is 13.8. The Labute approximate surface area is 176 Å². The molecular weight excluding hydrogens is 405 g/mol. The van der Waals surface area contributed by atoms with Crippen molar-refractivity contribution in [3.63, 3.8) is 0 Å². The number of thiophene rings is 1. The number of amides is 1. The number of benzene rings is 1. The van der Waals surface area contributed by atoms with Gasteiger partial charge < -0.3 is 10.2 Å². The third kappa shape index (κ3) is 3.30. The average molecular weight is 424 g/mol. The molecule has 1 N–H and O–H groups in total. The van der Waals surface area contributed by atoms with Gasteiger partial charge in [-0.25, -0.2) is 9.37 Å². The Balaban J connectivity index is 1.56. The molecule has 4 nitrogen and oxygen atoms in total. The van der Waals surface area contributed by atoms with Crippen LogP contribution >= 0.6 is 22.7 Å². The number of hydrogen-bond acceptors (Lipinski definition) is 5. The topological polar surface area (TPSA) is 45.2 Å². The Bertz CT molecular complexity index is 1150. The summed E-state index contributed by atoms with van der Waals surface area (Å²) >= 11 is 3.25. The van der Waals surface area contributed by atoms with Crippen LogP contribution in [0.4, 0.5) is 10.1 Å². The monoisotopic (exact) mass is 423 g/mol. The second kappa shape index (κ2) is 7.24. The zero-order chi connectivity index (χ0) is 20.0. The van der Waals surface area contributed by atoms with Crippen LogP contribution in [0.15, 0.2) is 60.0 Å². The molecule has 2 aromatic heterocycles. The van der Waals surface area contributed by atoms with Crippen LogP contribution in [-0.4, -0.2) is 21.8 Å². The fraction of sp³-hybridized carbons (Fsp3) is 0.182. The van der Waals surface area contributed by atoms with Crippen molar-refractivity contribution >= 4 is 34.3 Å². The van der Waals surface area contributed by atoms with Crippen molar-refractivity contribution in [2.45, 2.75) is 25.6 Å². The van der Waals surface area contributed by atoms with E-state index in [0.717, 1.165) is 26.9 Å². The van der Waals surface area contributed by atoms with Crippen molar-refractivity contribution in [1.29, 1.82) is 0 Å². The number of hydrogen-bond donors (Lipinski definition) is 1. The summed E-state index contributed by atoms with van der Waals surface area (Å²) in [6.07, 6.45) is 8.42. The van der Waals surface area contributed by atoms with Crippen LogP contribution in [0, 0.1) is 12.7 Å². The lowest BCUT2D eigenvalue weighted by atomic mass is 10.0. The van der Waals surface area contributed by atoms with Crippen molar-refractivity contribution in [3.05, 3.63) is 81.3 Å². The number of carbonyl (C=O) groups is 1. The van der Waals surface area contributed by atoms with E-state index in [1.54, 1.807) is 28.7 Å². The molecule has 0 bridgehead atoms. The number of fused-ring (bicyclic) bond motifs is 1. The first-order valence-electron chi connectivity index (χ1n) is 9.34. The molecule has 2 aliphatic rings. The minimum atomic E-state index is -0.409. The number of aryl methyl sites for hydroxylation is 1. The maximum atomic E-state index is 13.8. The first kappa shape index (κ1) is 18.3. The zero-order valence-electron chi connectivity index (χ0n) is 15.6. The molecule has 1 amide bonds. The molecule has 0 spiro atoms. The first-order valence-corrected chi connectivity index (χ1v) is 11.0. The van der Waals surface area contributed by atoms with E-state index in [2.05, 4.69) is 21.7 Å². The van der Waals surface area contributed by atoms with E-state index < -0.39 is 5.82 Å². The summed E-state index contributed by atoms with van der Waals surface area (Å²) in [4.78, 5) is 21.9. The second-order valence-corrected chi connectivity index (χ2v) is 9.20. The lowest BCUT2D eigenvalue weighted by Crippen LogP contribution is -2.48. The largest absolute Gasteiger partial charge is 0.360 e. The smallest absolute Gasteiger partial charge is 0.258 e. The van der Waals surface area contributed by atoms with Crippen LogP contribution in [0.2, 0.25) is 0 Å². The molecule has 3 heterocycles. The minimum absolute atomic E-state index is 0.0894. The molecule has 29 heavy (non-hydrogen) atoms. The molecule has 0 radical (unpaired) electrons. The highest BCUT2D eigenvalue weighted by Crippen LogP contribution is 2.40. The van der Waals surface area contributed by atoms with Gasteiger partial charge in [0, 0.05) is 15.9 Å². The van der Waals surface area contributed by atoms with E-state index in [0.29, 0.717) is 11.3 Å². The summed E-state index contributed by atoms with van der Waals surface area (Å²) in [5.74, 6) is -0.568. The molecule has 1 aromatic carbocycles. The number of rotatable bonds is 3. The number of carbonyl (C=O) groups excluding carboxylic acids is 1. The molecule has 2 atom stereocenters. The van der Waals surface area contributed by atoms with Gasteiger partial charge in [0.2, 0.25) is 0 Å². The highest BCUT2D eigenvalue weighted by molar-refractivity contribution is 7.16. The zero-order valence-corrected chi connectivity index (χ0v) is 17.3. The van der Waals surface area contributed by atoms with Gasteiger partial charge in [-0.3, -0.25) is 4.79 Å². The predicted octanol–water partition coefficient (Wildman–Crippen LogP) is 5.77. The SMILES string of the molecule is Cc1nc(-c2ccc(C3Nc4ccc(F)cc4C(=O)N3C3C=CC=CC3)s2)cs1. The Kier molecular flexibility index (Phi) is 4.56. The van der Waals surface area contributed by atoms with Crippen LogP contribution < -0.4 is 5.32 Å². The van der Waals surface area contributed by atoms with Crippen molar-refractivity contribution in [1.82, 2.24) is 9.88 Å². The van der Waals surface area contributed by atoms with Gasteiger partial charge in [-0.2, -0.15) is 0 Å². The fourth-order valence-electron chi connectivity index (χ4n) is 3.73. The van der Waals surface area contributed by atoms with Crippen molar-refractivity contribution < 1.29 is 9.18 Å². The van der Waals surface area contributed by atoms with Crippen LogP contribution in [0.3, 0.4) is 0 Å². The molecule has 146 valence electrons. The number of anilines is 1. The number of thiazole rings is 1. The Morgan fingerprint density at radius 3 is 2.90 bits per heavy atom. The normalized spacial score (nSPS) is 20.6. The highest BCUT2D eigenvalue weighted by atomic mass is 32.1. The summed E-state index contributed by atoms with van der Waals surface area (Å²) in [6, 6.07) is 8.34. The van der Waals surface area contributed by atoms with E-state index in [-0.39, 0.29) is 18.1 Å². The molecule has 1 aliphatic carbocycles. The van der Waals surface area contributed by atoms with Crippen LogP contribution in [0.25, 0.3) is 10.6 Å². The lowest BCUT2D eigenvalue weighted by Gasteiger charge is -2.41. The standard InChI is InChI=1S/C22H18FN3OS2/c1-13-24-18(12-28-13)19-9-10-20(29-19)21-25-17-8-7-14(23)11-16(17)22(27)26(21)15-5-3-2-4-6-15/h2-5,7-12,15,21,25H,6H2,1H3. The number of nitrogens with zero attached hydrogens (tertiary/aromatic N) is 2. The van der Waals surface area contributed by atoms with Gasteiger partial charge in [0.1, 0.15) is 12.0 Å². The molecular formula is C22H18FN3OS2. The minimum Gasteiger partial charge on any atom is -0.360 e. The lowest BCUT2D eigenvalue weighted by molar-refractivity contribution is 0.0630. The number of nitrogens with one attached hydrogen (secondary N) is 1. The third-order valence-corrected chi connectivity index (χ3v) is 7.03. The molecule has 5 rings (SSSR count). The highest BCUT2D eigenvalue weighted by Gasteiger charge is 2.37. The van der Waals surface area contributed by atoms with Gasteiger partial charge in [0.05, 0.1) is 27.2 Å². The van der Waals surface area contributed by atoms with Crippen molar-refractivity contribution in [2.24, 2.45) is 0 Å². The number of aromatic nitrogens is 1. The van der Waals surface area contributed by atoms with Gasteiger partial charge in [-0.15, -0.1) is 22.7 Å². The molecule has 3 aromatic rings. The van der Waals surface area contributed by atoms with E-state index >= 15 is 0 Å². The summed E-state index contributed by atoms with van der Waals surface area (Å²) in [6.45, 7) is 1.99. The summed E-state index contributed by atoms with van der Waals surface area (Å²) in [7, 11) is 0. The van der Waals surface area contributed by atoms with Gasteiger partial charge >= 0.3 is 0 Å². The molecule has 0 saturated heterocycles. The third-order valence-electron chi connectivity index (χ3n) is 5.10. The molecule has 0 fully saturated rings. The Morgan fingerprint density at radius 1 is 1.24 bits per heavy atom. The summed E-state index contributed by atoms with van der Waals surface area (Å²) in [5.41, 5.74) is 1.99. The summed E-state index contributed by atoms with van der Waals surface area (Å²) in [5, 5.41) is 6.54. The Hall–Kier alpha value is -2.77. The molecule has 0 saturated carbocycles. The number of allylic oxidation sites excluding steroid dienone is 2. The molecule has 1 aliphatic heterocycles. The second-order valence-electron chi connectivity index (χ2n) is 7.02. The van der Waals surface area contributed by atoms with Crippen molar-refractivity contribution in [2.75, 3.05) is 5.32 Å². The fourth-order valence-corrected chi connectivity index (χ4v) is 5.44. The Morgan fingerprint density at radius 2 is 2.14 bits per heavy atom. The maximum Gasteiger partial charge on any atom is 0.258 e. The van der Waals surface area contributed by atoms with Crippen LogP contribution in [0.5, 0.6) is 0 Å². The van der Waals surface area contributed by atoms with Gasteiger partial charge in [0.25, 0.3) is 5.91 Å². The quantitative estimate of drug-likeness (QED) is 0.582. The van der Waals surface area contributed by atoms with Crippen LogP contribution in [0.1, 0.15) is 32.8 Å². The van der Waals surface area contributed by atoms with Gasteiger partial charge in [-0.05, 0) is 43.7 Å². The van der Waals surface area contributed by atoms with Gasteiger partial charge in [-0.1, -0.05) is 24.3 Å². The predicted molar refractivity (Wildman–Crippen MR) is 116 cm³/mol. The molecule has 7 heteroatoms. The van der Waals surface area contributed by atoms with E-state index in [4.69, 9.17) is 0 Å². The van der Waals surface area contributed by atoms with Crippen LogP contribution in [-0.2, 0) is 0 Å². The van der Waals surface area contributed by atoms with E-state index in [1.165, 1.54) is 12.1 Å². The average Bonchev–Trinajstić information content (AvgIpc) is 3.38. The van der Waals surface area contributed by atoms with E-state index in [9.17, 15) is 9.18 Å². The van der Waals surface area contributed by atoms with Gasteiger partial charge in [0.15, 0.2) is 0 Å². The first-order chi connectivity index (χ1) is 14.1. The van der Waals surface area contributed by atoms with E-state index in [1.807, 2.05) is 42.2 Å². The maximum absolute atomic E-state index is 13.8. The van der Waals surface area contributed by atoms with Crippen molar-refractivity contribution in [3.8, 4) is 10.6 Å². The number of halogens is 1. The molecule has 2 unspecified atom stereocenters.